The van der Waals surface area contributed by atoms with Gasteiger partial charge in [0, 0.05) is 25.6 Å². The number of carboxylic acids is 1. The predicted molar refractivity (Wildman–Crippen MR) is 74.0 cm³/mol. The van der Waals surface area contributed by atoms with Gasteiger partial charge in [-0.25, -0.2) is 4.79 Å². The second kappa shape index (κ2) is 6.26. The second-order valence-corrected chi connectivity index (χ2v) is 6.57. The van der Waals surface area contributed by atoms with Gasteiger partial charge in [-0.05, 0) is 31.1 Å². The third kappa shape index (κ3) is 5.09. The Labute approximate surface area is 115 Å². The third-order valence-corrected chi connectivity index (χ3v) is 3.98. The maximum Gasteiger partial charge on any atom is 0.317 e. The van der Waals surface area contributed by atoms with Gasteiger partial charge in [-0.2, -0.15) is 0 Å². The molecular weight excluding hydrogens is 244 g/mol. The SMILES string of the molecule is CC(NC(=O)N1CCC(CCC(=O)O)C1)C(C)(C)C. The lowest BCUT2D eigenvalue weighted by Crippen LogP contribution is -2.47. The monoisotopic (exact) mass is 270 g/mol. The van der Waals surface area contributed by atoms with Crippen LogP contribution in [0.4, 0.5) is 4.79 Å². The van der Waals surface area contributed by atoms with E-state index in [1.54, 1.807) is 4.90 Å². The summed E-state index contributed by atoms with van der Waals surface area (Å²) in [6.45, 7) is 9.70. The van der Waals surface area contributed by atoms with Crippen molar-refractivity contribution >= 4 is 12.0 Å². The fourth-order valence-electron chi connectivity index (χ4n) is 2.07. The number of urea groups is 1. The van der Waals surface area contributed by atoms with Gasteiger partial charge in [0.05, 0.1) is 0 Å². The molecule has 2 N–H and O–H groups in total. The predicted octanol–water partition coefficient (Wildman–Crippen LogP) is 2.32. The minimum atomic E-state index is -0.760. The van der Waals surface area contributed by atoms with Crippen molar-refractivity contribution in [1.82, 2.24) is 10.2 Å². The summed E-state index contributed by atoms with van der Waals surface area (Å²) in [5, 5.41) is 11.7. The van der Waals surface area contributed by atoms with Crippen molar-refractivity contribution in [3.8, 4) is 0 Å². The van der Waals surface area contributed by atoms with Crippen LogP contribution in [0.3, 0.4) is 0 Å². The number of aliphatic carboxylic acids is 1. The third-order valence-electron chi connectivity index (χ3n) is 3.98. The molecule has 1 aliphatic heterocycles. The molecule has 1 heterocycles. The lowest BCUT2D eigenvalue weighted by molar-refractivity contribution is -0.137. The molecule has 0 radical (unpaired) electrons. The first-order valence-electron chi connectivity index (χ1n) is 6.97. The number of hydrogen-bond acceptors (Lipinski definition) is 2. The molecule has 5 heteroatoms. The molecule has 1 saturated heterocycles. The molecule has 0 aromatic rings. The smallest absolute Gasteiger partial charge is 0.317 e. The highest BCUT2D eigenvalue weighted by Gasteiger charge is 2.29. The van der Waals surface area contributed by atoms with Gasteiger partial charge in [-0.15, -0.1) is 0 Å². The van der Waals surface area contributed by atoms with Crippen LogP contribution < -0.4 is 5.32 Å². The number of carbonyl (C=O) groups is 2. The molecule has 5 nitrogen and oxygen atoms in total. The van der Waals surface area contributed by atoms with E-state index in [1.807, 2.05) is 6.92 Å². The van der Waals surface area contributed by atoms with E-state index < -0.39 is 5.97 Å². The number of rotatable bonds is 4. The molecule has 1 rings (SSSR count). The molecule has 0 saturated carbocycles. The Morgan fingerprint density at radius 2 is 2.05 bits per heavy atom. The molecule has 0 bridgehead atoms. The summed E-state index contributed by atoms with van der Waals surface area (Å²) in [6.07, 6.45) is 1.76. The Bertz CT molecular complexity index is 336. The topological polar surface area (TPSA) is 69.6 Å². The number of amides is 2. The highest BCUT2D eigenvalue weighted by atomic mass is 16.4. The highest BCUT2D eigenvalue weighted by molar-refractivity contribution is 5.75. The Morgan fingerprint density at radius 3 is 2.58 bits per heavy atom. The van der Waals surface area contributed by atoms with E-state index in [-0.39, 0.29) is 23.9 Å². The van der Waals surface area contributed by atoms with Crippen LogP contribution >= 0.6 is 0 Å². The Balaban J connectivity index is 2.38. The van der Waals surface area contributed by atoms with Crippen LogP contribution in [0.15, 0.2) is 0 Å². The molecule has 110 valence electrons. The first-order valence-corrected chi connectivity index (χ1v) is 6.97. The van der Waals surface area contributed by atoms with E-state index in [4.69, 9.17) is 5.11 Å². The molecule has 0 aromatic heterocycles. The van der Waals surface area contributed by atoms with Crippen molar-refractivity contribution in [2.24, 2.45) is 11.3 Å². The second-order valence-electron chi connectivity index (χ2n) is 6.57. The summed E-state index contributed by atoms with van der Waals surface area (Å²) >= 11 is 0. The van der Waals surface area contributed by atoms with E-state index in [0.29, 0.717) is 18.9 Å². The van der Waals surface area contributed by atoms with E-state index in [0.717, 1.165) is 13.0 Å². The number of nitrogens with zero attached hydrogens (tertiary/aromatic N) is 1. The molecular formula is C14H26N2O3. The van der Waals surface area contributed by atoms with Crippen LogP contribution in [0.2, 0.25) is 0 Å². The van der Waals surface area contributed by atoms with Gasteiger partial charge >= 0.3 is 12.0 Å². The van der Waals surface area contributed by atoms with Crippen molar-refractivity contribution in [2.75, 3.05) is 13.1 Å². The van der Waals surface area contributed by atoms with Gasteiger partial charge in [0.1, 0.15) is 0 Å². The van der Waals surface area contributed by atoms with Gasteiger partial charge in [-0.1, -0.05) is 20.8 Å². The van der Waals surface area contributed by atoms with Gasteiger partial charge in [0.25, 0.3) is 0 Å². The molecule has 2 atom stereocenters. The van der Waals surface area contributed by atoms with Crippen LogP contribution in [-0.2, 0) is 4.79 Å². The van der Waals surface area contributed by atoms with Gasteiger partial charge in [0.2, 0.25) is 0 Å². The number of likely N-dealkylation sites (tertiary alicyclic amines) is 1. The number of hydrogen-bond donors (Lipinski definition) is 2. The van der Waals surface area contributed by atoms with Gasteiger partial charge in [-0.3, -0.25) is 4.79 Å². The zero-order chi connectivity index (χ0) is 14.6. The standard InChI is InChI=1S/C14H26N2O3/c1-10(14(2,3)4)15-13(19)16-8-7-11(9-16)5-6-12(17)18/h10-11H,5-9H2,1-4H3,(H,15,19)(H,17,18). The van der Waals surface area contributed by atoms with Crippen molar-refractivity contribution < 1.29 is 14.7 Å². The largest absolute Gasteiger partial charge is 0.481 e. The van der Waals surface area contributed by atoms with E-state index in [9.17, 15) is 9.59 Å². The summed E-state index contributed by atoms with van der Waals surface area (Å²) in [5.74, 6) is -0.434. The number of carboxylic acid groups (broad SMARTS) is 1. The minimum Gasteiger partial charge on any atom is -0.481 e. The molecule has 0 aliphatic carbocycles. The van der Waals surface area contributed by atoms with Crippen LogP contribution in [0, 0.1) is 11.3 Å². The summed E-state index contributed by atoms with van der Waals surface area (Å²) < 4.78 is 0. The summed E-state index contributed by atoms with van der Waals surface area (Å²) in [7, 11) is 0. The Hall–Kier alpha value is -1.26. The van der Waals surface area contributed by atoms with Gasteiger partial charge in [0.15, 0.2) is 0 Å². The zero-order valence-electron chi connectivity index (χ0n) is 12.4. The molecule has 0 aromatic carbocycles. The van der Waals surface area contributed by atoms with E-state index in [1.165, 1.54) is 0 Å². The van der Waals surface area contributed by atoms with Crippen molar-refractivity contribution in [3.05, 3.63) is 0 Å². The summed E-state index contributed by atoms with van der Waals surface area (Å²) in [4.78, 5) is 24.4. The van der Waals surface area contributed by atoms with Crippen molar-refractivity contribution in [1.29, 1.82) is 0 Å². The first-order chi connectivity index (χ1) is 8.70. The van der Waals surface area contributed by atoms with E-state index in [2.05, 4.69) is 26.1 Å². The Morgan fingerprint density at radius 1 is 1.42 bits per heavy atom. The molecule has 2 amide bonds. The average molecular weight is 270 g/mol. The maximum absolute atomic E-state index is 12.1. The highest BCUT2D eigenvalue weighted by Crippen LogP contribution is 2.22. The van der Waals surface area contributed by atoms with Gasteiger partial charge < -0.3 is 15.3 Å². The van der Waals surface area contributed by atoms with Crippen molar-refractivity contribution in [2.45, 2.75) is 53.0 Å². The quantitative estimate of drug-likeness (QED) is 0.823. The summed E-state index contributed by atoms with van der Waals surface area (Å²) in [6, 6.07) is 0.0818. The molecule has 1 aliphatic rings. The van der Waals surface area contributed by atoms with Crippen molar-refractivity contribution in [3.63, 3.8) is 0 Å². The average Bonchev–Trinajstić information content (AvgIpc) is 2.73. The lowest BCUT2D eigenvalue weighted by Gasteiger charge is -2.30. The molecule has 2 unspecified atom stereocenters. The molecule has 1 fully saturated rings. The minimum absolute atomic E-state index is 0.0275. The van der Waals surface area contributed by atoms with Crippen LogP contribution in [-0.4, -0.2) is 41.1 Å². The number of nitrogens with one attached hydrogen (secondary N) is 1. The summed E-state index contributed by atoms with van der Waals surface area (Å²) in [5.41, 5.74) is 0.0398. The normalized spacial score (nSPS) is 21.3. The van der Waals surface area contributed by atoms with Crippen LogP contribution in [0.25, 0.3) is 0 Å². The molecule has 19 heavy (non-hydrogen) atoms. The Kier molecular flexibility index (Phi) is 5.20. The van der Waals surface area contributed by atoms with Crippen LogP contribution in [0.5, 0.6) is 0 Å². The van der Waals surface area contributed by atoms with Crippen LogP contribution in [0.1, 0.15) is 47.0 Å². The maximum atomic E-state index is 12.1. The fraction of sp³-hybridized carbons (Fsp3) is 0.857. The fourth-order valence-corrected chi connectivity index (χ4v) is 2.07. The van der Waals surface area contributed by atoms with E-state index >= 15 is 0 Å². The lowest BCUT2D eigenvalue weighted by atomic mass is 9.88. The number of carbonyl (C=O) groups excluding carboxylic acids is 1. The molecule has 0 spiro atoms. The first kappa shape index (κ1) is 15.8. The zero-order valence-corrected chi connectivity index (χ0v) is 12.4.